The normalized spacial score (nSPS) is 12.2. The Morgan fingerprint density at radius 3 is 2.74 bits per heavy atom. The SMILES string of the molecule is COc1cc([C@H](C)O)ccc1OCc1nc(C)no1. The first kappa shape index (κ1) is 13.4. The smallest absolute Gasteiger partial charge is 0.264 e. The number of aryl methyl sites for hydroxylation is 1. The van der Waals surface area contributed by atoms with Crippen LogP contribution in [0, 0.1) is 6.92 Å². The van der Waals surface area contributed by atoms with Crippen LogP contribution in [0.3, 0.4) is 0 Å². The molecule has 102 valence electrons. The van der Waals surface area contributed by atoms with Crippen molar-refractivity contribution < 1.29 is 19.1 Å². The zero-order valence-corrected chi connectivity index (χ0v) is 11.1. The Morgan fingerprint density at radius 1 is 1.37 bits per heavy atom. The lowest BCUT2D eigenvalue weighted by atomic mass is 10.1. The lowest BCUT2D eigenvalue weighted by Crippen LogP contribution is -1.99. The fourth-order valence-electron chi connectivity index (χ4n) is 1.60. The van der Waals surface area contributed by atoms with Crippen molar-refractivity contribution in [3.05, 3.63) is 35.5 Å². The Hall–Kier alpha value is -2.08. The van der Waals surface area contributed by atoms with Crippen molar-refractivity contribution in [3.63, 3.8) is 0 Å². The molecule has 2 rings (SSSR count). The number of methoxy groups -OCH3 is 1. The second kappa shape index (κ2) is 5.71. The number of aliphatic hydroxyl groups is 1. The lowest BCUT2D eigenvalue weighted by molar-refractivity contribution is 0.198. The first-order valence-corrected chi connectivity index (χ1v) is 5.88. The van der Waals surface area contributed by atoms with Crippen molar-refractivity contribution in [2.24, 2.45) is 0 Å². The highest BCUT2D eigenvalue weighted by molar-refractivity contribution is 5.43. The average Bonchev–Trinajstić information content (AvgIpc) is 2.81. The predicted octanol–water partition coefficient (Wildman–Crippen LogP) is 2.02. The van der Waals surface area contributed by atoms with Crippen molar-refractivity contribution >= 4 is 0 Å². The Labute approximate surface area is 111 Å². The first-order valence-electron chi connectivity index (χ1n) is 5.88. The van der Waals surface area contributed by atoms with Gasteiger partial charge in [0.2, 0.25) is 0 Å². The van der Waals surface area contributed by atoms with Gasteiger partial charge in [0, 0.05) is 0 Å². The van der Waals surface area contributed by atoms with E-state index in [2.05, 4.69) is 10.1 Å². The van der Waals surface area contributed by atoms with Crippen molar-refractivity contribution in [1.29, 1.82) is 0 Å². The minimum absolute atomic E-state index is 0.172. The molecule has 6 nitrogen and oxygen atoms in total. The van der Waals surface area contributed by atoms with Crippen LogP contribution in [0.25, 0.3) is 0 Å². The summed E-state index contributed by atoms with van der Waals surface area (Å²) < 4.78 is 15.7. The molecule has 1 N–H and O–H groups in total. The standard InChI is InChI=1S/C13H16N2O4/c1-8(16)10-4-5-11(12(6-10)17-3)18-7-13-14-9(2)15-19-13/h4-6,8,16H,7H2,1-3H3/t8-/m0/s1. The molecule has 1 atom stereocenters. The van der Waals surface area contributed by atoms with Gasteiger partial charge in [-0.15, -0.1) is 0 Å². The molecule has 1 aromatic heterocycles. The number of hydrogen-bond acceptors (Lipinski definition) is 6. The maximum atomic E-state index is 9.52. The predicted molar refractivity (Wildman–Crippen MR) is 67.0 cm³/mol. The molecule has 0 radical (unpaired) electrons. The maximum absolute atomic E-state index is 9.52. The van der Waals surface area contributed by atoms with E-state index in [4.69, 9.17) is 14.0 Å². The molecule has 0 unspecified atom stereocenters. The number of aromatic nitrogens is 2. The molecule has 1 aromatic carbocycles. The number of aliphatic hydroxyl groups excluding tert-OH is 1. The van der Waals surface area contributed by atoms with E-state index in [1.165, 1.54) is 0 Å². The van der Waals surface area contributed by atoms with E-state index in [0.29, 0.717) is 23.2 Å². The van der Waals surface area contributed by atoms with Gasteiger partial charge in [0.1, 0.15) is 0 Å². The first-order chi connectivity index (χ1) is 9.10. The van der Waals surface area contributed by atoms with Crippen LogP contribution in [-0.2, 0) is 6.61 Å². The summed E-state index contributed by atoms with van der Waals surface area (Å²) in [6, 6.07) is 5.25. The minimum Gasteiger partial charge on any atom is -0.493 e. The van der Waals surface area contributed by atoms with Crippen LogP contribution in [0.15, 0.2) is 22.7 Å². The number of benzene rings is 1. The van der Waals surface area contributed by atoms with E-state index in [0.717, 1.165) is 5.56 Å². The fourth-order valence-corrected chi connectivity index (χ4v) is 1.60. The average molecular weight is 264 g/mol. The van der Waals surface area contributed by atoms with Crippen LogP contribution < -0.4 is 9.47 Å². The minimum atomic E-state index is -0.554. The van der Waals surface area contributed by atoms with E-state index >= 15 is 0 Å². The second-order valence-corrected chi connectivity index (χ2v) is 4.11. The molecule has 1 heterocycles. The Morgan fingerprint density at radius 2 is 2.16 bits per heavy atom. The van der Waals surface area contributed by atoms with Crippen molar-refractivity contribution in [2.75, 3.05) is 7.11 Å². The molecule has 0 aliphatic carbocycles. The van der Waals surface area contributed by atoms with Crippen molar-refractivity contribution in [1.82, 2.24) is 10.1 Å². The van der Waals surface area contributed by atoms with Gasteiger partial charge >= 0.3 is 0 Å². The third-order valence-corrected chi connectivity index (χ3v) is 2.59. The molecule has 0 spiro atoms. The topological polar surface area (TPSA) is 77.6 Å². The monoisotopic (exact) mass is 264 g/mol. The van der Waals surface area contributed by atoms with Crippen molar-refractivity contribution in [2.45, 2.75) is 26.6 Å². The molecule has 19 heavy (non-hydrogen) atoms. The van der Waals surface area contributed by atoms with E-state index in [9.17, 15) is 5.11 Å². The quantitative estimate of drug-likeness (QED) is 0.890. The maximum Gasteiger partial charge on any atom is 0.264 e. The third-order valence-electron chi connectivity index (χ3n) is 2.59. The summed E-state index contributed by atoms with van der Waals surface area (Å²) in [4.78, 5) is 4.04. The molecule has 0 bridgehead atoms. The molecule has 0 aliphatic heterocycles. The molecule has 0 aliphatic rings. The van der Waals surface area contributed by atoms with Gasteiger partial charge in [-0.25, -0.2) is 0 Å². The fraction of sp³-hybridized carbons (Fsp3) is 0.385. The Kier molecular flexibility index (Phi) is 4.01. The molecule has 2 aromatic rings. The lowest BCUT2D eigenvalue weighted by Gasteiger charge is -2.12. The van der Waals surface area contributed by atoms with Crippen LogP contribution in [-0.4, -0.2) is 22.4 Å². The number of hydrogen-bond donors (Lipinski definition) is 1. The molecule has 0 saturated heterocycles. The van der Waals surface area contributed by atoms with Gasteiger partial charge < -0.3 is 19.1 Å². The van der Waals surface area contributed by atoms with Gasteiger partial charge in [-0.05, 0) is 31.5 Å². The second-order valence-electron chi connectivity index (χ2n) is 4.11. The summed E-state index contributed by atoms with van der Waals surface area (Å²) in [7, 11) is 1.55. The number of ether oxygens (including phenoxy) is 2. The molecular formula is C13H16N2O4. The number of nitrogens with zero attached hydrogens (tertiary/aromatic N) is 2. The molecule has 0 fully saturated rings. The van der Waals surface area contributed by atoms with Crippen LogP contribution >= 0.6 is 0 Å². The largest absolute Gasteiger partial charge is 0.493 e. The van der Waals surface area contributed by atoms with E-state index in [1.807, 2.05) is 0 Å². The van der Waals surface area contributed by atoms with E-state index < -0.39 is 6.10 Å². The number of rotatable bonds is 5. The van der Waals surface area contributed by atoms with Crippen LogP contribution in [0.4, 0.5) is 0 Å². The van der Waals surface area contributed by atoms with Gasteiger partial charge in [-0.1, -0.05) is 11.2 Å². The summed E-state index contributed by atoms with van der Waals surface area (Å²) >= 11 is 0. The van der Waals surface area contributed by atoms with Crippen LogP contribution in [0.1, 0.15) is 30.3 Å². The zero-order chi connectivity index (χ0) is 13.8. The summed E-state index contributed by atoms with van der Waals surface area (Å²) in [6.07, 6.45) is -0.554. The van der Waals surface area contributed by atoms with Gasteiger partial charge in [0.05, 0.1) is 13.2 Å². The van der Waals surface area contributed by atoms with Gasteiger partial charge in [-0.2, -0.15) is 4.98 Å². The summed E-state index contributed by atoms with van der Waals surface area (Å²) in [5.41, 5.74) is 0.762. The summed E-state index contributed by atoms with van der Waals surface area (Å²) in [5, 5.41) is 13.2. The Bertz CT molecular complexity index is 551. The van der Waals surface area contributed by atoms with Crippen LogP contribution in [0.5, 0.6) is 11.5 Å². The highest BCUT2D eigenvalue weighted by Crippen LogP contribution is 2.30. The third kappa shape index (κ3) is 3.23. The van der Waals surface area contributed by atoms with Gasteiger partial charge in [0.15, 0.2) is 23.9 Å². The van der Waals surface area contributed by atoms with E-state index in [-0.39, 0.29) is 6.61 Å². The Balaban J connectivity index is 2.11. The highest BCUT2D eigenvalue weighted by atomic mass is 16.5. The van der Waals surface area contributed by atoms with Gasteiger partial charge in [0.25, 0.3) is 5.89 Å². The van der Waals surface area contributed by atoms with Crippen LogP contribution in [0.2, 0.25) is 0 Å². The highest BCUT2D eigenvalue weighted by Gasteiger charge is 2.10. The molecule has 6 heteroatoms. The summed E-state index contributed by atoms with van der Waals surface area (Å²) in [6.45, 7) is 3.60. The summed E-state index contributed by atoms with van der Waals surface area (Å²) in [5.74, 6) is 2.08. The van der Waals surface area contributed by atoms with Crippen molar-refractivity contribution in [3.8, 4) is 11.5 Å². The van der Waals surface area contributed by atoms with Gasteiger partial charge in [-0.3, -0.25) is 0 Å². The molecular weight excluding hydrogens is 248 g/mol. The van der Waals surface area contributed by atoms with E-state index in [1.54, 1.807) is 39.2 Å². The molecule has 0 saturated carbocycles. The molecule has 0 amide bonds. The zero-order valence-electron chi connectivity index (χ0n) is 11.1.